The molecule has 0 radical (unpaired) electrons. The lowest BCUT2D eigenvalue weighted by atomic mass is 10.2. The van der Waals surface area contributed by atoms with E-state index in [9.17, 15) is 8.42 Å². The third kappa shape index (κ3) is 3.78. The minimum atomic E-state index is -3.40. The number of nitrogens with two attached hydrogens (primary N) is 1. The minimum Gasteiger partial charge on any atom is -0.383 e. The number of anilines is 2. The summed E-state index contributed by atoms with van der Waals surface area (Å²) in [4.78, 5) is 4.24. The van der Waals surface area contributed by atoms with Crippen LogP contribution in [0.15, 0.2) is 39.6 Å². The molecule has 0 atom stereocenters. The van der Waals surface area contributed by atoms with Crippen LogP contribution < -0.4 is 11.2 Å². The van der Waals surface area contributed by atoms with Crippen molar-refractivity contribution in [3.8, 4) is 0 Å². The summed E-state index contributed by atoms with van der Waals surface area (Å²) in [6.07, 6.45) is 1.57. The lowest BCUT2D eigenvalue weighted by Gasteiger charge is -2.10. The average molecular weight is 325 g/mol. The molecule has 0 aliphatic heterocycles. The number of thiazole rings is 1. The Bertz CT molecular complexity index is 735. The Balaban J connectivity index is 2.06. The topological polar surface area (TPSA) is 101 Å². The van der Waals surface area contributed by atoms with E-state index in [2.05, 4.69) is 15.5 Å². The van der Waals surface area contributed by atoms with Crippen LogP contribution in [0, 0.1) is 0 Å². The van der Waals surface area contributed by atoms with Crippen LogP contribution in [0.4, 0.5) is 10.9 Å². The highest BCUT2D eigenvalue weighted by molar-refractivity contribution is 7.89. The van der Waals surface area contributed by atoms with Crippen LogP contribution >= 0.6 is 11.3 Å². The second-order valence-electron chi connectivity index (χ2n) is 4.30. The molecule has 7 nitrogen and oxygen atoms in total. The zero-order valence-corrected chi connectivity index (χ0v) is 13.1. The number of rotatable bonds is 5. The first-order chi connectivity index (χ1) is 9.89. The van der Waals surface area contributed by atoms with Crippen molar-refractivity contribution < 1.29 is 8.42 Å². The molecule has 0 amide bonds. The van der Waals surface area contributed by atoms with Gasteiger partial charge in [0.1, 0.15) is 5.82 Å². The highest BCUT2D eigenvalue weighted by atomic mass is 32.2. The minimum absolute atomic E-state index is 0.241. The summed E-state index contributed by atoms with van der Waals surface area (Å²) in [5.74, 6) is 0.441. The summed E-state index contributed by atoms with van der Waals surface area (Å²) in [5, 5.41) is 6.31. The quantitative estimate of drug-likeness (QED) is 0.639. The Morgan fingerprint density at radius 2 is 2.00 bits per heavy atom. The lowest BCUT2D eigenvalue weighted by molar-refractivity contribution is 0.521. The fourth-order valence-corrected chi connectivity index (χ4v) is 2.89. The van der Waals surface area contributed by atoms with E-state index in [-0.39, 0.29) is 4.90 Å². The number of sulfonamides is 1. The van der Waals surface area contributed by atoms with Crippen LogP contribution in [0.3, 0.4) is 0 Å². The SMILES string of the molecule is CN(C)S(=O)(=O)c1ccc(C=NNc2nc(N)cs2)cc1. The maximum atomic E-state index is 11.9. The molecule has 1 aromatic heterocycles. The van der Waals surface area contributed by atoms with Gasteiger partial charge in [0.05, 0.1) is 11.1 Å². The smallest absolute Gasteiger partial charge is 0.242 e. The van der Waals surface area contributed by atoms with Crippen molar-refractivity contribution in [2.45, 2.75) is 4.90 Å². The van der Waals surface area contributed by atoms with Gasteiger partial charge in [-0.25, -0.2) is 17.7 Å². The van der Waals surface area contributed by atoms with Gasteiger partial charge in [0.15, 0.2) is 0 Å². The van der Waals surface area contributed by atoms with E-state index in [1.807, 2.05) is 0 Å². The molecule has 1 heterocycles. The molecule has 0 saturated heterocycles. The number of hydrazone groups is 1. The molecule has 21 heavy (non-hydrogen) atoms. The van der Waals surface area contributed by atoms with Gasteiger partial charge in [-0.2, -0.15) is 5.10 Å². The number of hydrogen-bond donors (Lipinski definition) is 2. The fourth-order valence-electron chi connectivity index (χ4n) is 1.44. The van der Waals surface area contributed by atoms with Gasteiger partial charge < -0.3 is 5.73 Å². The Kier molecular flexibility index (Phi) is 4.56. The Hall–Kier alpha value is -1.97. The zero-order chi connectivity index (χ0) is 15.5. The van der Waals surface area contributed by atoms with E-state index in [0.717, 1.165) is 5.56 Å². The third-order valence-corrected chi connectivity index (χ3v) is 5.15. The van der Waals surface area contributed by atoms with Crippen molar-refractivity contribution in [1.29, 1.82) is 0 Å². The average Bonchev–Trinajstić information content (AvgIpc) is 2.85. The summed E-state index contributed by atoms with van der Waals surface area (Å²) in [6.45, 7) is 0. The number of aromatic nitrogens is 1. The molecule has 9 heteroatoms. The number of nitrogens with one attached hydrogen (secondary N) is 1. The first kappa shape index (κ1) is 15.4. The van der Waals surface area contributed by atoms with E-state index >= 15 is 0 Å². The summed E-state index contributed by atoms with van der Waals surface area (Å²) >= 11 is 1.35. The molecule has 112 valence electrons. The molecule has 0 aliphatic carbocycles. The molecule has 2 aromatic rings. The lowest BCUT2D eigenvalue weighted by Crippen LogP contribution is -2.22. The van der Waals surface area contributed by atoms with Crippen molar-refractivity contribution >= 4 is 38.5 Å². The Labute approximate surface area is 127 Å². The summed E-state index contributed by atoms with van der Waals surface area (Å²) in [6, 6.07) is 6.44. The molecule has 0 aliphatic rings. The summed E-state index contributed by atoms with van der Waals surface area (Å²) in [7, 11) is -0.415. The van der Waals surface area contributed by atoms with Crippen LogP contribution in [-0.4, -0.2) is 38.0 Å². The summed E-state index contributed by atoms with van der Waals surface area (Å²) in [5.41, 5.74) is 9.01. The molecule has 2 rings (SSSR count). The normalized spacial score (nSPS) is 12.1. The van der Waals surface area contributed by atoms with Crippen LogP contribution in [0.25, 0.3) is 0 Å². The van der Waals surface area contributed by atoms with Gasteiger partial charge in [-0.3, -0.25) is 5.43 Å². The highest BCUT2D eigenvalue weighted by Gasteiger charge is 2.16. The summed E-state index contributed by atoms with van der Waals surface area (Å²) < 4.78 is 25.0. The highest BCUT2D eigenvalue weighted by Crippen LogP contribution is 2.16. The fraction of sp³-hybridized carbons (Fsp3) is 0.167. The van der Waals surface area contributed by atoms with Gasteiger partial charge in [-0.15, -0.1) is 11.3 Å². The first-order valence-corrected chi connectivity index (χ1v) is 8.24. The van der Waals surface area contributed by atoms with E-state index in [0.29, 0.717) is 10.9 Å². The van der Waals surface area contributed by atoms with Gasteiger partial charge >= 0.3 is 0 Å². The van der Waals surface area contributed by atoms with Crippen molar-refractivity contribution in [2.24, 2.45) is 5.10 Å². The molecule has 0 bridgehead atoms. The molecule has 0 unspecified atom stereocenters. The maximum Gasteiger partial charge on any atom is 0.242 e. The maximum absolute atomic E-state index is 11.9. The van der Waals surface area contributed by atoms with Gasteiger partial charge in [-0.05, 0) is 17.7 Å². The first-order valence-electron chi connectivity index (χ1n) is 5.92. The van der Waals surface area contributed by atoms with Gasteiger partial charge in [0.2, 0.25) is 15.2 Å². The molecular formula is C12H15N5O2S2. The number of hydrogen-bond acceptors (Lipinski definition) is 7. The predicted molar refractivity (Wildman–Crippen MR) is 85.1 cm³/mol. The van der Waals surface area contributed by atoms with Crippen LogP contribution in [0.5, 0.6) is 0 Å². The predicted octanol–water partition coefficient (Wildman–Crippen LogP) is 1.42. The number of nitrogens with zero attached hydrogens (tertiary/aromatic N) is 3. The van der Waals surface area contributed by atoms with Crippen molar-refractivity contribution in [3.63, 3.8) is 0 Å². The van der Waals surface area contributed by atoms with Crippen LogP contribution in [0.1, 0.15) is 5.56 Å². The second kappa shape index (κ2) is 6.20. The second-order valence-corrected chi connectivity index (χ2v) is 7.31. The monoisotopic (exact) mass is 325 g/mol. The third-order valence-electron chi connectivity index (χ3n) is 2.55. The Morgan fingerprint density at radius 3 is 2.52 bits per heavy atom. The molecular weight excluding hydrogens is 310 g/mol. The number of nitrogen functional groups attached to an aromatic ring is 1. The van der Waals surface area contributed by atoms with Gasteiger partial charge in [0.25, 0.3) is 0 Å². The molecule has 3 N–H and O–H groups in total. The van der Waals surface area contributed by atoms with Crippen molar-refractivity contribution in [3.05, 3.63) is 35.2 Å². The zero-order valence-electron chi connectivity index (χ0n) is 11.5. The molecule has 0 spiro atoms. The van der Waals surface area contributed by atoms with Crippen LogP contribution in [0.2, 0.25) is 0 Å². The van der Waals surface area contributed by atoms with Gasteiger partial charge in [0, 0.05) is 19.5 Å². The molecule has 0 saturated carbocycles. The van der Waals surface area contributed by atoms with E-state index in [4.69, 9.17) is 5.73 Å². The number of benzene rings is 1. The van der Waals surface area contributed by atoms with Crippen molar-refractivity contribution in [2.75, 3.05) is 25.3 Å². The van der Waals surface area contributed by atoms with E-state index in [1.54, 1.807) is 23.7 Å². The van der Waals surface area contributed by atoms with Crippen molar-refractivity contribution in [1.82, 2.24) is 9.29 Å². The standard InChI is InChI=1S/C12H15N5O2S2/c1-17(2)21(18,19)10-5-3-9(4-6-10)7-14-16-12-15-11(13)8-20-12/h3-8H,13H2,1-2H3,(H,15,16). The van der Waals surface area contributed by atoms with Crippen LogP contribution in [-0.2, 0) is 10.0 Å². The van der Waals surface area contributed by atoms with E-state index in [1.165, 1.54) is 41.9 Å². The largest absolute Gasteiger partial charge is 0.383 e. The molecule has 0 fully saturated rings. The van der Waals surface area contributed by atoms with Gasteiger partial charge in [-0.1, -0.05) is 12.1 Å². The Morgan fingerprint density at radius 1 is 1.33 bits per heavy atom. The molecule has 1 aromatic carbocycles. The van der Waals surface area contributed by atoms with E-state index < -0.39 is 10.0 Å².